The predicted molar refractivity (Wildman–Crippen MR) is 83.5 cm³/mol. The first-order valence-electron chi connectivity index (χ1n) is 7.07. The van der Waals surface area contributed by atoms with E-state index < -0.39 is 0 Å². The van der Waals surface area contributed by atoms with Gasteiger partial charge in [0.2, 0.25) is 0 Å². The van der Waals surface area contributed by atoms with Crippen molar-refractivity contribution in [2.24, 2.45) is 5.73 Å². The van der Waals surface area contributed by atoms with Crippen LogP contribution in [0.3, 0.4) is 0 Å². The Morgan fingerprint density at radius 2 is 2.05 bits per heavy atom. The second-order valence-electron chi connectivity index (χ2n) is 5.17. The van der Waals surface area contributed by atoms with Gasteiger partial charge in [0, 0.05) is 25.4 Å². The highest BCUT2D eigenvalue weighted by atomic mass is 35.5. The smallest absolute Gasteiger partial charge is 0.144 e. The molecular formula is C14H21Cl2N3O. The summed E-state index contributed by atoms with van der Waals surface area (Å²) < 4.78 is 5.85. The van der Waals surface area contributed by atoms with Crippen molar-refractivity contribution in [2.75, 3.05) is 18.5 Å². The number of hydrogen-bond acceptors (Lipinski definition) is 4. The molecule has 0 aliphatic heterocycles. The number of aromatic nitrogens is 1. The molecule has 4 nitrogen and oxygen atoms in total. The van der Waals surface area contributed by atoms with Gasteiger partial charge < -0.3 is 15.8 Å². The van der Waals surface area contributed by atoms with Crippen molar-refractivity contribution < 1.29 is 4.74 Å². The molecule has 3 N–H and O–H groups in total. The first-order chi connectivity index (χ1) is 9.65. The van der Waals surface area contributed by atoms with E-state index in [4.69, 9.17) is 33.7 Å². The van der Waals surface area contributed by atoms with Gasteiger partial charge in [-0.1, -0.05) is 23.2 Å². The zero-order valence-corrected chi connectivity index (χ0v) is 13.0. The maximum atomic E-state index is 6.03. The number of ether oxygens (including phenoxy) is 1. The summed E-state index contributed by atoms with van der Waals surface area (Å²) in [5.74, 6) is 0.666. The van der Waals surface area contributed by atoms with Crippen molar-refractivity contribution >= 4 is 29.0 Å². The zero-order valence-electron chi connectivity index (χ0n) is 11.4. The molecule has 20 heavy (non-hydrogen) atoms. The van der Waals surface area contributed by atoms with E-state index in [1.54, 1.807) is 12.3 Å². The lowest BCUT2D eigenvalue weighted by atomic mass is 9.94. The highest BCUT2D eigenvalue weighted by Gasteiger charge is 2.18. The van der Waals surface area contributed by atoms with E-state index in [9.17, 15) is 0 Å². The molecule has 1 aromatic rings. The monoisotopic (exact) mass is 317 g/mol. The topological polar surface area (TPSA) is 60.2 Å². The van der Waals surface area contributed by atoms with E-state index in [1.165, 1.54) is 0 Å². The highest BCUT2D eigenvalue weighted by Crippen LogP contribution is 2.22. The number of hydrogen-bond donors (Lipinski definition) is 2. The average Bonchev–Trinajstić information content (AvgIpc) is 2.42. The van der Waals surface area contributed by atoms with Crippen LogP contribution in [0.4, 0.5) is 5.82 Å². The van der Waals surface area contributed by atoms with Crippen LogP contribution in [0, 0.1) is 0 Å². The number of nitrogens with one attached hydrogen (secondary N) is 1. The maximum absolute atomic E-state index is 6.03. The largest absolute Gasteiger partial charge is 0.378 e. The SMILES string of the molecule is NC1CCC(OCCCNc2ncc(Cl)cc2Cl)CC1. The number of anilines is 1. The first kappa shape index (κ1) is 15.8. The number of nitrogens with two attached hydrogens (primary N) is 1. The van der Waals surface area contributed by atoms with Gasteiger partial charge >= 0.3 is 0 Å². The Balaban J connectivity index is 1.59. The second-order valence-corrected chi connectivity index (χ2v) is 6.02. The molecule has 1 aromatic heterocycles. The van der Waals surface area contributed by atoms with Gasteiger partial charge in [-0.25, -0.2) is 4.98 Å². The normalized spacial score (nSPS) is 22.8. The molecule has 0 atom stereocenters. The molecule has 6 heteroatoms. The molecule has 0 aromatic carbocycles. The molecule has 0 bridgehead atoms. The third-order valence-corrected chi connectivity index (χ3v) is 3.99. The summed E-state index contributed by atoms with van der Waals surface area (Å²) in [4.78, 5) is 4.14. The average molecular weight is 318 g/mol. The van der Waals surface area contributed by atoms with Crippen LogP contribution >= 0.6 is 23.2 Å². The third kappa shape index (κ3) is 5.09. The maximum Gasteiger partial charge on any atom is 0.144 e. The molecule has 1 saturated carbocycles. The van der Waals surface area contributed by atoms with Gasteiger partial charge in [0.1, 0.15) is 5.82 Å². The molecule has 1 aliphatic rings. The Labute approximate surface area is 130 Å². The molecule has 0 saturated heterocycles. The highest BCUT2D eigenvalue weighted by molar-refractivity contribution is 6.35. The van der Waals surface area contributed by atoms with Crippen molar-refractivity contribution in [3.8, 4) is 0 Å². The minimum absolute atomic E-state index is 0.370. The number of rotatable bonds is 6. The van der Waals surface area contributed by atoms with Crippen LogP contribution in [0.1, 0.15) is 32.1 Å². The molecule has 1 heterocycles. The summed E-state index contributed by atoms with van der Waals surface area (Å²) >= 11 is 11.8. The Morgan fingerprint density at radius 1 is 1.30 bits per heavy atom. The molecular weight excluding hydrogens is 297 g/mol. The first-order valence-corrected chi connectivity index (χ1v) is 7.83. The molecule has 1 fully saturated rings. The molecule has 0 unspecified atom stereocenters. The van der Waals surface area contributed by atoms with Gasteiger partial charge in [-0.3, -0.25) is 0 Å². The van der Waals surface area contributed by atoms with Crippen LogP contribution in [0.15, 0.2) is 12.3 Å². The van der Waals surface area contributed by atoms with Gasteiger partial charge in [0.15, 0.2) is 0 Å². The van der Waals surface area contributed by atoms with E-state index in [2.05, 4.69) is 10.3 Å². The van der Waals surface area contributed by atoms with Crippen molar-refractivity contribution in [2.45, 2.75) is 44.2 Å². The van der Waals surface area contributed by atoms with Crippen molar-refractivity contribution in [1.82, 2.24) is 4.98 Å². The van der Waals surface area contributed by atoms with Crippen LogP contribution < -0.4 is 11.1 Å². The lowest BCUT2D eigenvalue weighted by molar-refractivity contribution is 0.0251. The Bertz CT molecular complexity index is 423. The fourth-order valence-electron chi connectivity index (χ4n) is 2.33. The van der Waals surface area contributed by atoms with Crippen molar-refractivity contribution in [1.29, 1.82) is 0 Å². The van der Waals surface area contributed by atoms with E-state index >= 15 is 0 Å². The summed E-state index contributed by atoms with van der Waals surface area (Å²) in [6.45, 7) is 1.53. The molecule has 112 valence electrons. The molecule has 0 spiro atoms. The van der Waals surface area contributed by atoms with Crippen molar-refractivity contribution in [3.63, 3.8) is 0 Å². The van der Waals surface area contributed by atoms with E-state index in [-0.39, 0.29) is 0 Å². The molecule has 0 amide bonds. The lowest BCUT2D eigenvalue weighted by Gasteiger charge is -2.26. The molecule has 0 radical (unpaired) electrons. The van der Waals surface area contributed by atoms with Gasteiger partial charge in [-0.05, 0) is 38.2 Å². The van der Waals surface area contributed by atoms with E-state index in [0.717, 1.165) is 45.3 Å². The van der Waals surface area contributed by atoms with Crippen LogP contribution in [-0.4, -0.2) is 30.3 Å². The summed E-state index contributed by atoms with van der Waals surface area (Å²) in [5.41, 5.74) is 5.87. The predicted octanol–water partition coefficient (Wildman–Crippen LogP) is 3.48. The van der Waals surface area contributed by atoms with E-state index in [0.29, 0.717) is 28.0 Å². The minimum atomic E-state index is 0.370. The minimum Gasteiger partial charge on any atom is -0.378 e. The number of pyridine rings is 1. The van der Waals surface area contributed by atoms with Crippen LogP contribution in [0.2, 0.25) is 10.0 Å². The standard InChI is InChI=1S/C14H21Cl2N3O/c15-10-8-13(16)14(19-9-10)18-6-1-7-20-12-4-2-11(17)3-5-12/h8-9,11-12H,1-7,17H2,(H,18,19). The molecule has 2 rings (SSSR count). The fourth-order valence-corrected chi connectivity index (χ4v) is 2.78. The summed E-state index contributed by atoms with van der Waals surface area (Å²) in [6, 6.07) is 2.05. The lowest BCUT2D eigenvalue weighted by Crippen LogP contribution is -2.30. The molecule has 1 aliphatic carbocycles. The van der Waals surface area contributed by atoms with Crippen LogP contribution in [0.5, 0.6) is 0 Å². The number of halogens is 2. The summed E-state index contributed by atoms with van der Waals surface area (Å²) in [5, 5.41) is 4.27. The Hall–Kier alpha value is -0.550. The Morgan fingerprint density at radius 3 is 2.75 bits per heavy atom. The Kier molecular flexibility index (Phi) is 6.36. The quantitative estimate of drug-likeness (QED) is 0.789. The van der Waals surface area contributed by atoms with Gasteiger partial charge in [0.05, 0.1) is 16.1 Å². The summed E-state index contributed by atoms with van der Waals surface area (Å²) in [7, 11) is 0. The van der Waals surface area contributed by atoms with E-state index in [1.807, 2.05) is 0 Å². The van der Waals surface area contributed by atoms with Crippen LogP contribution in [0.25, 0.3) is 0 Å². The second kappa shape index (κ2) is 8.03. The third-order valence-electron chi connectivity index (χ3n) is 3.49. The number of nitrogens with zero attached hydrogens (tertiary/aromatic N) is 1. The van der Waals surface area contributed by atoms with Crippen LogP contribution in [-0.2, 0) is 4.74 Å². The fraction of sp³-hybridized carbons (Fsp3) is 0.643. The zero-order chi connectivity index (χ0) is 14.4. The van der Waals surface area contributed by atoms with Crippen molar-refractivity contribution in [3.05, 3.63) is 22.3 Å². The van der Waals surface area contributed by atoms with Gasteiger partial charge in [-0.2, -0.15) is 0 Å². The summed E-state index contributed by atoms with van der Waals surface area (Å²) in [6.07, 6.45) is 7.20. The van der Waals surface area contributed by atoms with Gasteiger partial charge in [-0.15, -0.1) is 0 Å². The van der Waals surface area contributed by atoms with Gasteiger partial charge in [0.25, 0.3) is 0 Å².